The van der Waals surface area contributed by atoms with E-state index in [1.165, 1.54) is 0 Å². The molecule has 24 heavy (non-hydrogen) atoms. The smallest absolute Gasteiger partial charge is 0.331 e. The Labute approximate surface area is 146 Å². The fraction of sp³-hybridized carbons (Fsp3) is 0.350. The van der Waals surface area contributed by atoms with E-state index in [0.29, 0.717) is 0 Å². The van der Waals surface area contributed by atoms with Crippen LogP contribution in [-0.2, 0) is 9.22 Å². The van der Waals surface area contributed by atoms with Gasteiger partial charge in [0.2, 0.25) is 0 Å². The molecule has 3 nitrogen and oxygen atoms in total. The van der Waals surface area contributed by atoms with Gasteiger partial charge in [-0.05, 0) is 21.7 Å². The molecule has 1 N–H and O–H groups in total. The van der Waals surface area contributed by atoms with Crippen LogP contribution in [0.2, 0.25) is 0 Å². The van der Waals surface area contributed by atoms with Crippen molar-refractivity contribution in [2.75, 3.05) is 0 Å². The first-order valence-corrected chi connectivity index (χ1v) is 9.59. The lowest BCUT2D eigenvalue weighted by Crippen LogP contribution is -2.51. The van der Waals surface area contributed by atoms with E-state index in [4.69, 9.17) is 4.43 Å². The van der Waals surface area contributed by atoms with Crippen molar-refractivity contribution in [3.63, 3.8) is 0 Å². The lowest BCUT2D eigenvalue weighted by molar-refractivity contribution is -0.149. The van der Waals surface area contributed by atoms with Crippen LogP contribution in [0.5, 0.6) is 0 Å². The largest absolute Gasteiger partial charge is 0.479 e. The first kappa shape index (κ1) is 18.4. The molecule has 4 heteroatoms. The fourth-order valence-electron chi connectivity index (χ4n) is 2.43. The van der Waals surface area contributed by atoms with Gasteiger partial charge in [-0.15, -0.1) is 0 Å². The first-order valence-electron chi connectivity index (χ1n) is 8.18. The SMILES string of the molecule is CC(C(O[Si](c1ccccc1)c1ccccc1)C(=O)O)C(C)(C)C. The summed E-state index contributed by atoms with van der Waals surface area (Å²) in [6, 6.07) is 19.9. The predicted molar refractivity (Wildman–Crippen MR) is 99.0 cm³/mol. The van der Waals surface area contributed by atoms with Gasteiger partial charge in [-0.1, -0.05) is 88.4 Å². The maximum atomic E-state index is 11.9. The Kier molecular flexibility index (Phi) is 5.97. The summed E-state index contributed by atoms with van der Waals surface area (Å²) in [5.74, 6) is -1.01. The second-order valence-electron chi connectivity index (χ2n) is 7.09. The van der Waals surface area contributed by atoms with Crippen molar-refractivity contribution in [3.8, 4) is 0 Å². The molecule has 127 valence electrons. The van der Waals surface area contributed by atoms with Crippen LogP contribution in [0.15, 0.2) is 60.7 Å². The van der Waals surface area contributed by atoms with Crippen LogP contribution in [-0.4, -0.2) is 26.2 Å². The molecule has 0 bridgehead atoms. The van der Waals surface area contributed by atoms with E-state index in [-0.39, 0.29) is 11.3 Å². The minimum atomic E-state index is -1.63. The number of aliphatic carboxylic acids is 1. The van der Waals surface area contributed by atoms with Gasteiger partial charge in [-0.25, -0.2) is 4.79 Å². The molecule has 2 aromatic rings. The van der Waals surface area contributed by atoms with Crippen molar-refractivity contribution in [2.45, 2.75) is 33.8 Å². The van der Waals surface area contributed by atoms with Gasteiger partial charge in [0.15, 0.2) is 0 Å². The number of rotatable bonds is 6. The monoisotopic (exact) mass is 341 g/mol. The standard InChI is InChI=1S/C20H25O3Si/c1-15(20(2,3)4)18(19(21)22)23-24(16-11-7-5-8-12-16)17-13-9-6-10-14-17/h5-15,18H,1-4H3,(H,21,22). The van der Waals surface area contributed by atoms with Gasteiger partial charge < -0.3 is 9.53 Å². The quantitative estimate of drug-likeness (QED) is 0.822. The number of hydrogen-bond acceptors (Lipinski definition) is 2. The molecule has 0 fully saturated rings. The molecule has 0 amide bonds. The Hall–Kier alpha value is -1.91. The molecular formula is C20H25O3Si. The summed E-state index contributed by atoms with van der Waals surface area (Å²) >= 11 is 0. The van der Waals surface area contributed by atoms with Crippen molar-refractivity contribution < 1.29 is 14.3 Å². The molecule has 2 unspecified atom stereocenters. The number of carbonyl (C=O) groups is 1. The summed E-state index contributed by atoms with van der Waals surface area (Å²) in [6.07, 6.45) is -0.834. The Morgan fingerprint density at radius 3 is 1.71 bits per heavy atom. The van der Waals surface area contributed by atoms with E-state index < -0.39 is 21.1 Å². The van der Waals surface area contributed by atoms with Crippen molar-refractivity contribution in [2.24, 2.45) is 11.3 Å². The third-order valence-corrected chi connectivity index (χ3v) is 6.59. The maximum absolute atomic E-state index is 11.9. The summed E-state index contributed by atoms with van der Waals surface area (Å²) in [5.41, 5.74) is -0.149. The lowest BCUT2D eigenvalue weighted by atomic mass is 9.79. The Balaban J connectivity index is 2.39. The molecule has 0 saturated heterocycles. The van der Waals surface area contributed by atoms with Gasteiger partial charge in [-0.2, -0.15) is 0 Å². The zero-order valence-corrected chi connectivity index (χ0v) is 15.7. The Bertz CT molecular complexity index is 610. The molecule has 0 heterocycles. The summed E-state index contributed by atoms with van der Waals surface area (Å²) < 4.78 is 6.27. The average molecular weight is 342 g/mol. The average Bonchev–Trinajstić information content (AvgIpc) is 2.55. The highest BCUT2D eigenvalue weighted by atomic mass is 28.3. The highest BCUT2D eigenvalue weighted by Gasteiger charge is 2.37. The molecule has 2 atom stereocenters. The van der Waals surface area contributed by atoms with E-state index in [0.717, 1.165) is 10.4 Å². The normalized spacial score (nSPS) is 14.4. The summed E-state index contributed by atoms with van der Waals surface area (Å²) in [7, 11) is -1.63. The first-order chi connectivity index (χ1) is 11.3. The summed E-state index contributed by atoms with van der Waals surface area (Å²) in [4.78, 5) is 11.9. The number of carboxylic acids is 1. The van der Waals surface area contributed by atoms with E-state index >= 15 is 0 Å². The Morgan fingerprint density at radius 1 is 0.958 bits per heavy atom. The third kappa shape index (κ3) is 4.55. The molecule has 0 aliphatic heterocycles. The van der Waals surface area contributed by atoms with Gasteiger partial charge in [-0.3, -0.25) is 0 Å². The summed E-state index contributed by atoms with van der Waals surface area (Å²) in [6.45, 7) is 8.10. The third-order valence-electron chi connectivity index (χ3n) is 4.38. The predicted octanol–water partition coefficient (Wildman–Crippen LogP) is 2.94. The van der Waals surface area contributed by atoms with Gasteiger partial charge in [0, 0.05) is 0 Å². The minimum Gasteiger partial charge on any atom is -0.479 e. The van der Waals surface area contributed by atoms with Crippen molar-refractivity contribution in [1.82, 2.24) is 0 Å². The minimum absolute atomic E-state index is 0.109. The molecular weight excluding hydrogens is 316 g/mol. The van der Waals surface area contributed by atoms with Crippen LogP contribution in [0.4, 0.5) is 0 Å². The second kappa shape index (κ2) is 7.77. The fourth-order valence-corrected chi connectivity index (χ4v) is 4.58. The zero-order valence-electron chi connectivity index (χ0n) is 14.7. The highest BCUT2D eigenvalue weighted by molar-refractivity contribution is 6.80. The van der Waals surface area contributed by atoms with Crippen molar-refractivity contribution in [1.29, 1.82) is 0 Å². The van der Waals surface area contributed by atoms with Crippen LogP contribution in [0.25, 0.3) is 0 Å². The van der Waals surface area contributed by atoms with Gasteiger partial charge in [0.05, 0.1) is 0 Å². The van der Waals surface area contributed by atoms with Gasteiger partial charge in [0.25, 0.3) is 9.04 Å². The zero-order chi connectivity index (χ0) is 17.7. The van der Waals surface area contributed by atoms with Crippen molar-refractivity contribution >= 4 is 25.4 Å². The van der Waals surface area contributed by atoms with E-state index in [1.807, 2.05) is 67.6 Å². The molecule has 0 aromatic heterocycles. The number of carboxylic acid groups (broad SMARTS) is 1. The molecule has 0 aliphatic rings. The maximum Gasteiger partial charge on any atom is 0.331 e. The molecule has 2 aromatic carbocycles. The van der Waals surface area contributed by atoms with Crippen LogP contribution < -0.4 is 10.4 Å². The second-order valence-corrected chi connectivity index (χ2v) is 9.14. The van der Waals surface area contributed by atoms with Gasteiger partial charge in [0.1, 0.15) is 6.10 Å². The van der Waals surface area contributed by atoms with Gasteiger partial charge >= 0.3 is 5.97 Å². The number of benzene rings is 2. The molecule has 0 spiro atoms. The Morgan fingerprint density at radius 2 is 1.38 bits per heavy atom. The molecule has 0 saturated carbocycles. The molecule has 2 rings (SSSR count). The van der Waals surface area contributed by atoms with E-state index in [2.05, 4.69) is 20.8 Å². The highest BCUT2D eigenvalue weighted by Crippen LogP contribution is 2.30. The van der Waals surface area contributed by atoms with E-state index in [1.54, 1.807) is 0 Å². The summed E-state index contributed by atoms with van der Waals surface area (Å²) in [5, 5.41) is 11.9. The topological polar surface area (TPSA) is 46.5 Å². The van der Waals surface area contributed by atoms with Crippen LogP contribution in [0.3, 0.4) is 0 Å². The van der Waals surface area contributed by atoms with Crippen LogP contribution in [0, 0.1) is 11.3 Å². The number of hydrogen-bond donors (Lipinski definition) is 1. The van der Waals surface area contributed by atoms with Crippen LogP contribution in [0.1, 0.15) is 27.7 Å². The lowest BCUT2D eigenvalue weighted by Gasteiger charge is -2.34. The molecule has 0 aliphatic carbocycles. The van der Waals surface area contributed by atoms with Crippen molar-refractivity contribution in [3.05, 3.63) is 60.7 Å². The van der Waals surface area contributed by atoms with Crippen LogP contribution >= 0.6 is 0 Å². The molecule has 1 radical (unpaired) electrons. The van der Waals surface area contributed by atoms with E-state index in [9.17, 15) is 9.90 Å².